The van der Waals surface area contributed by atoms with Crippen LogP contribution in [0.1, 0.15) is 37.6 Å². The molecule has 168 valence electrons. The highest BCUT2D eigenvalue weighted by Crippen LogP contribution is 2.35. The quantitative estimate of drug-likeness (QED) is 0.246. The number of imide groups is 1. The molecule has 0 aromatic heterocycles. The second-order valence-electron chi connectivity index (χ2n) is 6.58. The van der Waals surface area contributed by atoms with Crippen LogP contribution in [0.2, 0.25) is 0 Å². The van der Waals surface area contributed by atoms with Gasteiger partial charge >= 0.3 is 12.0 Å². The van der Waals surface area contributed by atoms with E-state index < -0.39 is 52.1 Å². The Labute approximate surface area is 176 Å². The molecule has 1 unspecified atom stereocenters. The minimum absolute atomic E-state index is 0.0574. The topological polar surface area (TPSA) is 166 Å². The molecule has 1 aromatic rings. The van der Waals surface area contributed by atoms with Crippen LogP contribution in [-0.2, 0) is 14.3 Å². The molecule has 31 heavy (non-hydrogen) atoms. The molecule has 0 saturated carbocycles. The van der Waals surface area contributed by atoms with Crippen molar-refractivity contribution in [2.75, 3.05) is 20.3 Å². The van der Waals surface area contributed by atoms with Crippen LogP contribution in [0.3, 0.4) is 0 Å². The molecule has 4 amide bonds. The van der Waals surface area contributed by atoms with Gasteiger partial charge in [0.05, 0.1) is 24.7 Å². The van der Waals surface area contributed by atoms with Gasteiger partial charge < -0.3 is 19.5 Å². The Morgan fingerprint density at radius 2 is 1.94 bits per heavy atom. The predicted molar refractivity (Wildman–Crippen MR) is 103 cm³/mol. The van der Waals surface area contributed by atoms with E-state index in [2.05, 4.69) is 5.32 Å². The summed E-state index contributed by atoms with van der Waals surface area (Å²) in [6, 6.07) is 1.24. The zero-order valence-corrected chi connectivity index (χ0v) is 17.3. The molecule has 13 heteroatoms. The lowest BCUT2D eigenvalue weighted by molar-refractivity contribution is -0.385. The van der Waals surface area contributed by atoms with Crippen molar-refractivity contribution in [1.82, 2.24) is 15.8 Å². The zero-order valence-electron chi connectivity index (χ0n) is 17.3. The first kappa shape index (κ1) is 23.4. The number of hydrogen-bond acceptors (Lipinski definition) is 9. The maximum Gasteiger partial charge on any atom is 0.345 e. The van der Waals surface area contributed by atoms with Gasteiger partial charge in [0, 0.05) is 6.07 Å². The summed E-state index contributed by atoms with van der Waals surface area (Å²) in [7, 11) is 1.29. The molecule has 1 aromatic carbocycles. The minimum Gasteiger partial charge on any atom is -0.493 e. The number of hydrazine groups is 1. The van der Waals surface area contributed by atoms with Gasteiger partial charge in [0.15, 0.2) is 18.1 Å². The number of nitrogens with zero attached hydrogens (tertiary/aromatic N) is 2. The van der Waals surface area contributed by atoms with Crippen molar-refractivity contribution in [2.45, 2.75) is 32.7 Å². The lowest BCUT2D eigenvalue weighted by atomic mass is 10.00. The molecule has 0 radical (unpaired) electrons. The van der Waals surface area contributed by atoms with Crippen LogP contribution in [0.15, 0.2) is 12.1 Å². The Kier molecular flexibility index (Phi) is 7.00. The van der Waals surface area contributed by atoms with Crippen LogP contribution < -0.4 is 20.2 Å². The fraction of sp³-hybridized carbons (Fsp3) is 0.444. The molecule has 2 rings (SSSR count). The smallest absolute Gasteiger partial charge is 0.345 e. The van der Waals surface area contributed by atoms with E-state index in [1.165, 1.54) is 14.0 Å². The van der Waals surface area contributed by atoms with Crippen molar-refractivity contribution in [3.8, 4) is 11.5 Å². The molecule has 1 aliphatic rings. The molecule has 1 fully saturated rings. The van der Waals surface area contributed by atoms with Crippen LogP contribution in [0, 0.1) is 10.1 Å². The number of esters is 1. The van der Waals surface area contributed by atoms with Gasteiger partial charge in [0.25, 0.3) is 17.5 Å². The van der Waals surface area contributed by atoms with Gasteiger partial charge in [-0.25, -0.2) is 9.59 Å². The molecule has 2 N–H and O–H groups in total. The highest BCUT2D eigenvalue weighted by atomic mass is 16.6. The van der Waals surface area contributed by atoms with Crippen molar-refractivity contribution >= 4 is 29.5 Å². The van der Waals surface area contributed by atoms with E-state index in [0.717, 1.165) is 12.1 Å². The number of methoxy groups -OCH3 is 1. The Morgan fingerprint density at radius 1 is 1.26 bits per heavy atom. The molecular formula is C18H22N4O9. The fourth-order valence-electron chi connectivity index (χ4n) is 2.68. The summed E-state index contributed by atoms with van der Waals surface area (Å²) in [5, 5.41) is 14.3. The van der Waals surface area contributed by atoms with Gasteiger partial charge in [0.1, 0.15) is 11.1 Å². The number of urea groups is 1. The van der Waals surface area contributed by atoms with Gasteiger partial charge in [-0.1, -0.05) is 6.92 Å². The Balaban J connectivity index is 2.12. The van der Waals surface area contributed by atoms with Crippen LogP contribution in [0.5, 0.6) is 11.5 Å². The highest BCUT2D eigenvalue weighted by molar-refractivity contribution is 6.07. The number of amides is 4. The van der Waals surface area contributed by atoms with Gasteiger partial charge in [-0.05, 0) is 20.3 Å². The van der Waals surface area contributed by atoms with E-state index in [4.69, 9.17) is 14.2 Å². The Morgan fingerprint density at radius 3 is 2.45 bits per heavy atom. The molecule has 1 aliphatic heterocycles. The average molecular weight is 438 g/mol. The molecule has 0 bridgehead atoms. The van der Waals surface area contributed by atoms with Gasteiger partial charge in [-0.15, -0.1) is 0 Å². The SMILES string of the molecule is CCOc1cc([N+](=O)[O-])c(C(=O)OCC(=O)NN2C(=O)NC(C)(CC)C2=O)cc1OC. The van der Waals surface area contributed by atoms with E-state index in [-0.39, 0.29) is 18.1 Å². The number of carbonyl (C=O) groups is 4. The first-order valence-corrected chi connectivity index (χ1v) is 9.20. The van der Waals surface area contributed by atoms with Crippen LogP contribution in [0.4, 0.5) is 10.5 Å². The number of rotatable bonds is 9. The fourth-order valence-corrected chi connectivity index (χ4v) is 2.68. The number of nitro benzene ring substituents is 1. The van der Waals surface area contributed by atoms with Gasteiger partial charge in [-0.2, -0.15) is 5.01 Å². The number of ether oxygens (including phenoxy) is 3. The molecule has 1 atom stereocenters. The van der Waals surface area contributed by atoms with Crippen LogP contribution in [-0.4, -0.2) is 59.6 Å². The Bertz CT molecular complexity index is 933. The monoisotopic (exact) mass is 438 g/mol. The summed E-state index contributed by atoms with van der Waals surface area (Å²) in [5.41, 5.74) is -0.203. The minimum atomic E-state index is -1.18. The molecule has 13 nitrogen and oxygen atoms in total. The third-order valence-corrected chi connectivity index (χ3v) is 4.54. The molecule has 0 aliphatic carbocycles. The lowest BCUT2D eigenvalue weighted by Gasteiger charge is -2.19. The standard InChI is InChI=1S/C18H22N4O9/c1-5-18(3)16(25)21(17(26)19-18)20-14(23)9-31-15(24)10-7-12(29-4)13(30-6-2)8-11(10)22(27)28/h7-8H,5-6,9H2,1-4H3,(H,19,26)(H,20,23). The summed E-state index contributed by atoms with van der Waals surface area (Å²) in [6.07, 6.45) is 0.294. The van der Waals surface area contributed by atoms with E-state index in [0.29, 0.717) is 11.4 Å². The maximum atomic E-state index is 12.4. The number of nitrogens with one attached hydrogen (secondary N) is 2. The zero-order chi connectivity index (χ0) is 23.3. The number of benzene rings is 1. The first-order valence-electron chi connectivity index (χ1n) is 9.20. The van der Waals surface area contributed by atoms with Crippen LogP contribution in [0.25, 0.3) is 0 Å². The Hall–Kier alpha value is -3.90. The van der Waals surface area contributed by atoms with Gasteiger partial charge in [0.2, 0.25) is 0 Å². The normalized spacial score (nSPS) is 17.7. The molecular weight excluding hydrogens is 416 g/mol. The van der Waals surface area contributed by atoms with Crippen molar-refractivity contribution < 1.29 is 38.3 Å². The predicted octanol–water partition coefficient (Wildman–Crippen LogP) is 0.911. The van der Waals surface area contributed by atoms with Crippen molar-refractivity contribution in [3.05, 3.63) is 27.8 Å². The number of carbonyl (C=O) groups excluding carboxylic acids is 4. The first-order chi connectivity index (χ1) is 14.6. The number of nitro groups is 1. The average Bonchev–Trinajstić information content (AvgIpc) is 2.95. The summed E-state index contributed by atoms with van der Waals surface area (Å²) < 4.78 is 15.1. The molecule has 1 heterocycles. The van der Waals surface area contributed by atoms with Crippen LogP contribution >= 0.6 is 0 Å². The third kappa shape index (κ3) is 4.82. The third-order valence-electron chi connectivity index (χ3n) is 4.54. The largest absolute Gasteiger partial charge is 0.493 e. The summed E-state index contributed by atoms with van der Waals surface area (Å²) in [5.74, 6) is -2.73. The van der Waals surface area contributed by atoms with Crippen molar-refractivity contribution in [3.63, 3.8) is 0 Å². The van der Waals surface area contributed by atoms with E-state index in [1.807, 2.05) is 5.43 Å². The summed E-state index contributed by atoms with van der Waals surface area (Å²) >= 11 is 0. The van der Waals surface area contributed by atoms with Crippen molar-refractivity contribution in [1.29, 1.82) is 0 Å². The van der Waals surface area contributed by atoms with E-state index in [1.54, 1.807) is 13.8 Å². The second kappa shape index (κ2) is 9.28. The number of hydrogen-bond donors (Lipinski definition) is 2. The van der Waals surface area contributed by atoms with E-state index >= 15 is 0 Å². The lowest BCUT2D eigenvalue weighted by Crippen LogP contribution is -2.49. The van der Waals surface area contributed by atoms with Gasteiger partial charge in [-0.3, -0.25) is 25.1 Å². The summed E-state index contributed by atoms with van der Waals surface area (Å²) in [6.45, 7) is 4.16. The maximum absolute atomic E-state index is 12.4. The second-order valence-corrected chi connectivity index (χ2v) is 6.58. The molecule has 1 saturated heterocycles. The van der Waals surface area contributed by atoms with E-state index in [9.17, 15) is 29.3 Å². The molecule has 0 spiro atoms. The van der Waals surface area contributed by atoms with Crippen molar-refractivity contribution in [2.24, 2.45) is 0 Å². The highest BCUT2D eigenvalue weighted by Gasteiger charge is 2.47. The summed E-state index contributed by atoms with van der Waals surface area (Å²) in [4.78, 5) is 59.1.